The molecule has 1 aliphatic heterocycles. The number of likely N-dealkylation sites (N-methyl/N-ethyl adjacent to an activating group) is 1. The van der Waals surface area contributed by atoms with Gasteiger partial charge in [0.25, 0.3) is 9.84 Å². The predicted molar refractivity (Wildman–Crippen MR) is 74.0 cm³/mol. The number of rotatable bonds is 4. The first-order valence-electron chi connectivity index (χ1n) is 6.58. The van der Waals surface area contributed by atoms with Gasteiger partial charge in [-0.05, 0) is 43.7 Å². The molecule has 1 aliphatic rings. The largest absolute Gasteiger partial charge is 0.501 e. The molecule has 0 spiro atoms. The molecular formula is C13H17F3N2O2S. The molecule has 0 saturated carbocycles. The van der Waals surface area contributed by atoms with E-state index in [0.717, 1.165) is 38.1 Å². The summed E-state index contributed by atoms with van der Waals surface area (Å²) in [6, 6.07) is 5.14. The van der Waals surface area contributed by atoms with Crippen LogP contribution in [0.15, 0.2) is 29.2 Å². The minimum atomic E-state index is -5.27. The van der Waals surface area contributed by atoms with E-state index in [1.807, 2.05) is 11.9 Å². The lowest BCUT2D eigenvalue weighted by Crippen LogP contribution is -2.35. The van der Waals surface area contributed by atoms with Crippen LogP contribution in [0.25, 0.3) is 0 Å². The highest BCUT2D eigenvalue weighted by molar-refractivity contribution is 7.92. The van der Waals surface area contributed by atoms with Crippen molar-refractivity contribution in [3.63, 3.8) is 0 Å². The van der Waals surface area contributed by atoms with E-state index in [0.29, 0.717) is 11.7 Å². The number of sulfone groups is 1. The SMILES string of the molecule is CN(CC1CCCN1)c1ccc(S(=O)(=O)C(F)(F)F)cc1. The summed E-state index contributed by atoms with van der Waals surface area (Å²) in [5.74, 6) is 0. The van der Waals surface area contributed by atoms with Gasteiger partial charge in [-0.3, -0.25) is 0 Å². The van der Waals surface area contributed by atoms with E-state index in [9.17, 15) is 21.6 Å². The summed E-state index contributed by atoms with van der Waals surface area (Å²) in [5, 5.41) is 3.33. The van der Waals surface area contributed by atoms with Crippen molar-refractivity contribution in [3.8, 4) is 0 Å². The van der Waals surface area contributed by atoms with Gasteiger partial charge in [0.15, 0.2) is 0 Å². The minimum absolute atomic E-state index is 0.355. The lowest BCUT2D eigenvalue weighted by atomic mass is 10.2. The zero-order valence-electron chi connectivity index (χ0n) is 11.5. The standard InChI is InChI=1S/C13H17F3N2O2S/c1-18(9-10-3-2-8-17-10)11-4-6-12(7-5-11)21(19,20)13(14,15)16/h4-7,10,17H,2-3,8-9H2,1H3. The molecule has 0 bridgehead atoms. The Morgan fingerprint density at radius 1 is 1.29 bits per heavy atom. The van der Waals surface area contributed by atoms with Crippen LogP contribution in [0, 0.1) is 0 Å². The Bertz CT molecular complexity index is 578. The smallest absolute Gasteiger partial charge is 0.373 e. The lowest BCUT2D eigenvalue weighted by molar-refractivity contribution is -0.0436. The topological polar surface area (TPSA) is 49.4 Å². The van der Waals surface area contributed by atoms with Gasteiger partial charge in [0.05, 0.1) is 4.90 Å². The van der Waals surface area contributed by atoms with Gasteiger partial charge in [-0.1, -0.05) is 0 Å². The van der Waals surface area contributed by atoms with Gasteiger partial charge in [-0.15, -0.1) is 0 Å². The average Bonchev–Trinajstić information content (AvgIpc) is 2.90. The maximum atomic E-state index is 12.4. The van der Waals surface area contributed by atoms with E-state index in [2.05, 4.69) is 5.32 Å². The summed E-state index contributed by atoms with van der Waals surface area (Å²) in [6.07, 6.45) is 2.17. The van der Waals surface area contributed by atoms with Gasteiger partial charge >= 0.3 is 5.51 Å². The van der Waals surface area contributed by atoms with Crippen LogP contribution in [0.3, 0.4) is 0 Å². The molecule has 2 rings (SSSR count). The third-order valence-electron chi connectivity index (χ3n) is 3.55. The van der Waals surface area contributed by atoms with Crippen molar-refractivity contribution in [2.75, 3.05) is 25.0 Å². The summed E-state index contributed by atoms with van der Waals surface area (Å²) in [5.41, 5.74) is -4.58. The molecule has 8 heteroatoms. The van der Waals surface area contributed by atoms with Gasteiger partial charge in [-0.25, -0.2) is 8.42 Å². The van der Waals surface area contributed by atoms with Crippen LogP contribution in [-0.2, 0) is 9.84 Å². The van der Waals surface area contributed by atoms with E-state index >= 15 is 0 Å². The van der Waals surface area contributed by atoms with Gasteiger partial charge in [-0.2, -0.15) is 13.2 Å². The van der Waals surface area contributed by atoms with E-state index in [1.165, 1.54) is 12.1 Å². The summed E-state index contributed by atoms with van der Waals surface area (Å²) in [4.78, 5) is 1.17. The Balaban J connectivity index is 2.11. The number of halogens is 3. The first-order chi connectivity index (χ1) is 9.72. The van der Waals surface area contributed by atoms with Gasteiger partial charge in [0.1, 0.15) is 0 Å². The Labute approximate surface area is 121 Å². The van der Waals surface area contributed by atoms with Crippen LogP contribution in [0.2, 0.25) is 0 Å². The van der Waals surface area contributed by atoms with E-state index in [1.54, 1.807) is 0 Å². The highest BCUT2D eigenvalue weighted by Crippen LogP contribution is 2.31. The Morgan fingerprint density at radius 3 is 2.38 bits per heavy atom. The normalized spacial score (nSPS) is 19.7. The first-order valence-corrected chi connectivity index (χ1v) is 8.06. The summed E-state index contributed by atoms with van der Waals surface area (Å²) in [6.45, 7) is 1.70. The Morgan fingerprint density at radius 2 is 1.90 bits per heavy atom. The van der Waals surface area contributed by atoms with E-state index in [-0.39, 0.29) is 0 Å². The molecule has 1 aromatic carbocycles. The maximum Gasteiger partial charge on any atom is 0.501 e. The number of hydrogen-bond donors (Lipinski definition) is 1. The minimum Gasteiger partial charge on any atom is -0.373 e. The Kier molecular flexibility index (Phi) is 4.48. The molecule has 1 fully saturated rings. The van der Waals surface area contributed by atoms with Crippen molar-refractivity contribution in [2.24, 2.45) is 0 Å². The second-order valence-corrected chi connectivity index (χ2v) is 7.06. The van der Waals surface area contributed by atoms with Crippen molar-refractivity contribution in [3.05, 3.63) is 24.3 Å². The van der Waals surface area contributed by atoms with E-state index < -0.39 is 20.2 Å². The number of anilines is 1. The van der Waals surface area contributed by atoms with Gasteiger partial charge in [0, 0.05) is 25.3 Å². The summed E-state index contributed by atoms with van der Waals surface area (Å²) in [7, 11) is -3.45. The highest BCUT2D eigenvalue weighted by Gasteiger charge is 2.46. The van der Waals surface area contributed by atoms with Gasteiger partial charge < -0.3 is 10.2 Å². The average molecular weight is 322 g/mol. The third-order valence-corrected chi connectivity index (χ3v) is 5.05. The van der Waals surface area contributed by atoms with Crippen LogP contribution < -0.4 is 10.2 Å². The molecule has 1 N–H and O–H groups in total. The zero-order chi connectivity index (χ0) is 15.7. The van der Waals surface area contributed by atoms with Crippen molar-refractivity contribution in [1.29, 1.82) is 0 Å². The Hall–Kier alpha value is -1.28. The van der Waals surface area contributed by atoms with Crippen LogP contribution in [0.4, 0.5) is 18.9 Å². The van der Waals surface area contributed by atoms with Crippen molar-refractivity contribution >= 4 is 15.5 Å². The molecule has 1 saturated heterocycles. The predicted octanol–water partition coefficient (Wildman–Crippen LogP) is 2.17. The fourth-order valence-electron chi connectivity index (χ4n) is 2.36. The number of alkyl halides is 3. The van der Waals surface area contributed by atoms with Crippen LogP contribution >= 0.6 is 0 Å². The van der Waals surface area contributed by atoms with Gasteiger partial charge in [0.2, 0.25) is 0 Å². The maximum absolute atomic E-state index is 12.4. The molecule has 0 amide bonds. The molecule has 4 nitrogen and oxygen atoms in total. The number of nitrogens with zero attached hydrogens (tertiary/aromatic N) is 1. The molecule has 1 atom stereocenters. The molecule has 1 unspecified atom stereocenters. The molecule has 1 heterocycles. The quantitative estimate of drug-likeness (QED) is 0.923. The summed E-state index contributed by atoms with van der Waals surface area (Å²) < 4.78 is 59.9. The van der Waals surface area contributed by atoms with Crippen molar-refractivity contribution in [1.82, 2.24) is 5.32 Å². The number of hydrogen-bond acceptors (Lipinski definition) is 4. The fourth-order valence-corrected chi connectivity index (χ4v) is 3.12. The molecular weight excluding hydrogens is 305 g/mol. The first kappa shape index (κ1) is 16.1. The van der Waals surface area contributed by atoms with Crippen LogP contribution in [-0.4, -0.2) is 40.1 Å². The highest BCUT2D eigenvalue weighted by atomic mass is 32.2. The van der Waals surface area contributed by atoms with Crippen LogP contribution in [0.1, 0.15) is 12.8 Å². The van der Waals surface area contributed by atoms with Crippen molar-refractivity contribution in [2.45, 2.75) is 29.3 Å². The molecule has 1 aromatic rings. The zero-order valence-corrected chi connectivity index (χ0v) is 12.3. The molecule has 0 aliphatic carbocycles. The monoisotopic (exact) mass is 322 g/mol. The second-order valence-electron chi connectivity index (χ2n) is 5.12. The van der Waals surface area contributed by atoms with Crippen molar-refractivity contribution < 1.29 is 21.6 Å². The molecule has 0 aromatic heterocycles. The molecule has 21 heavy (non-hydrogen) atoms. The summed E-state index contributed by atoms with van der Waals surface area (Å²) >= 11 is 0. The molecule has 0 radical (unpaired) electrons. The number of benzene rings is 1. The molecule has 118 valence electrons. The fraction of sp³-hybridized carbons (Fsp3) is 0.538. The number of nitrogens with one attached hydrogen (secondary N) is 1. The van der Waals surface area contributed by atoms with Crippen LogP contribution in [0.5, 0.6) is 0 Å². The second kappa shape index (κ2) is 5.84. The lowest BCUT2D eigenvalue weighted by Gasteiger charge is -2.23. The third kappa shape index (κ3) is 3.49. The van der Waals surface area contributed by atoms with E-state index in [4.69, 9.17) is 0 Å².